The Bertz CT molecular complexity index is 624. The molecular weight excluding hydrogens is 228 g/mol. The zero-order valence-corrected chi connectivity index (χ0v) is 9.63. The Kier molecular flexibility index (Phi) is 3.71. The zero-order chi connectivity index (χ0) is 12.8. The highest BCUT2D eigenvalue weighted by Crippen LogP contribution is 2.12. The van der Waals surface area contributed by atoms with Gasteiger partial charge in [-0.2, -0.15) is 0 Å². The Morgan fingerprint density at radius 1 is 0.944 bits per heavy atom. The fourth-order valence-electron chi connectivity index (χ4n) is 1.45. The maximum absolute atomic E-state index is 11.3. The van der Waals surface area contributed by atoms with Crippen LogP contribution in [0.5, 0.6) is 5.88 Å². The molecule has 0 aliphatic heterocycles. The summed E-state index contributed by atoms with van der Waals surface area (Å²) in [5.41, 5.74) is 0.424. The molecule has 0 atom stereocenters. The first kappa shape index (κ1) is 11.9. The lowest BCUT2D eigenvalue weighted by molar-refractivity contribution is 0.452. The van der Waals surface area contributed by atoms with Crippen LogP contribution in [0.1, 0.15) is 0 Å². The van der Waals surface area contributed by atoms with Gasteiger partial charge in [0.15, 0.2) is 0 Å². The molecule has 0 radical (unpaired) electrons. The van der Waals surface area contributed by atoms with E-state index in [1.165, 1.54) is 0 Å². The van der Waals surface area contributed by atoms with Crippen LogP contribution in [-0.4, -0.2) is 15.1 Å². The smallest absolute Gasteiger partial charge is 0.364 e. The molecule has 0 fully saturated rings. The molecule has 0 aliphatic rings. The summed E-state index contributed by atoms with van der Waals surface area (Å²) < 4.78 is 0. The number of aromatic amines is 1. The van der Waals surface area contributed by atoms with E-state index in [0.29, 0.717) is 5.82 Å². The van der Waals surface area contributed by atoms with Gasteiger partial charge in [0.2, 0.25) is 0 Å². The molecule has 1 aromatic heterocycles. The molecule has 4 heteroatoms. The van der Waals surface area contributed by atoms with Gasteiger partial charge in [-0.25, -0.2) is 0 Å². The van der Waals surface area contributed by atoms with Gasteiger partial charge in [-0.3, -0.25) is 4.79 Å². The first-order valence-corrected chi connectivity index (χ1v) is 5.47. The fraction of sp³-hybridized carbons (Fsp3) is 0. The van der Waals surface area contributed by atoms with Gasteiger partial charge in [-0.1, -0.05) is 54.6 Å². The molecule has 0 amide bonds. The van der Waals surface area contributed by atoms with Crippen LogP contribution in [0.3, 0.4) is 0 Å². The number of aromatic nitrogens is 2. The predicted molar refractivity (Wildman–Crippen MR) is 71.0 cm³/mol. The normalized spacial score (nSPS) is 9.56. The third kappa shape index (κ3) is 3.18. The van der Waals surface area contributed by atoms with E-state index in [4.69, 9.17) is 5.11 Å². The van der Waals surface area contributed by atoms with Crippen molar-refractivity contribution < 1.29 is 5.11 Å². The quantitative estimate of drug-likeness (QED) is 0.776. The third-order valence-corrected chi connectivity index (χ3v) is 2.23. The minimum atomic E-state index is -0.323. The van der Waals surface area contributed by atoms with Gasteiger partial charge in [-0.15, -0.1) is 4.98 Å². The minimum absolute atomic E-state index is 0.0421. The van der Waals surface area contributed by atoms with Crippen molar-refractivity contribution in [3.05, 3.63) is 71.0 Å². The number of H-pyrrole nitrogens is 1. The van der Waals surface area contributed by atoms with Crippen molar-refractivity contribution in [1.29, 1.82) is 0 Å². The summed E-state index contributed by atoms with van der Waals surface area (Å²) in [7, 11) is 0. The Morgan fingerprint density at radius 2 is 1.50 bits per heavy atom. The average Bonchev–Trinajstić information content (AvgIpc) is 2.34. The third-order valence-electron chi connectivity index (χ3n) is 2.23. The van der Waals surface area contributed by atoms with Crippen LogP contribution in [0, 0.1) is 0 Å². The van der Waals surface area contributed by atoms with Gasteiger partial charge in [-0.05, 0) is 0 Å². The topological polar surface area (TPSA) is 68.7 Å². The van der Waals surface area contributed by atoms with Gasteiger partial charge >= 0.3 is 5.88 Å². The van der Waals surface area contributed by atoms with Crippen molar-refractivity contribution in [3.63, 3.8) is 0 Å². The summed E-state index contributed by atoms with van der Waals surface area (Å²) in [6, 6.07) is 18.0. The molecule has 0 unspecified atom stereocenters. The van der Waals surface area contributed by atoms with Crippen LogP contribution in [0.15, 0.2) is 65.5 Å². The van der Waals surface area contributed by atoms with E-state index in [1.807, 2.05) is 54.6 Å². The highest BCUT2D eigenvalue weighted by Gasteiger charge is 2.03. The standard InChI is InChI=1S/C14H12N2O2/c17-12-10-13(18)16-14(15-12)11-8-6-4-2-1-3-5-7-9-11/h1-10H,(H2,15,16,17,18)/p+1. The van der Waals surface area contributed by atoms with E-state index in [0.717, 1.165) is 11.6 Å². The summed E-state index contributed by atoms with van der Waals surface area (Å²) in [6.07, 6.45) is 0. The molecule has 3 N–H and O–H groups in total. The van der Waals surface area contributed by atoms with E-state index < -0.39 is 0 Å². The van der Waals surface area contributed by atoms with E-state index in [2.05, 4.69) is 9.97 Å². The zero-order valence-electron chi connectivity index (χ0n) is 9.63. The number of nitrogens with zero attached hydrogens (tertiary/aromatic N) is 1. The molecular formula is C14H13N2O2+. The second kappa shape index (κ2) is 5.63. The maximum atomic E-state index is 11.3. The van der Waals surface area contributed by atoms with E-state index in [9.17, 15) is 4.79 Å². The summed E-state index contributed by atoms with van der Waals surface area (Å²) in [5.74, 6) is 0.353. The Labute approximate surface area is 104 Å². The Morgan fingerprint density at radius 3 is 2.06 bits per heavy atom. The van der Waals surface area contributed by atoms with Crippen molar-refractivity contribution in [3.8, 4) is 17.3 Å². The molecule has 0 saturated heterocycles. The van der Waals surface area contributed by atoms with Crippen molar-refractivity contribution >= 4 is 0 Å². The monoisotopic (exact) mass is 241 g/mol. The van der Waals surface area contributed by atoms with E-state index in [1.54, 1.807) is 0 Å². The highest BCUT2D eigenvalue weighted by molar-refractivity contribution is 5.53. The predicted octanol–water partition coefficient (Wildman–Crippen LogP) is 2.00. The Hall–Kier alpha value is -2.62. The van der Waals surface area contributed by atoms with Crippen LogP contribution < -0.4 is 5.56 Å². The van der Waals surface area contributed by atoms with Crippen molar-refractivity contribution in [2.24, 2.45) is 0 Å². The maximum Gasteiger partial charge on any atom is 0.364 e. The number of hydrogen-bond donors (Lipinski definition) is 1. The first-order chi connectivity index (χ1) is 8.75. The molecule has 2 aromatic rings. The SMILES string of the molecule is O=c1cc([OH2+])nc(-c2ccccccccc2)[nH]1. The largest absolute Gasteiger partial charge is 0.579 e. The lowest BCUT2D eigenvalue weighted by Gasteiger charge is -1.96. The Balaban J connectivity index is 2.60. The van der Waals surface area contributed by atoms with Crippen LogP contribution in [-0.2, 0) is 0 Å². The van der Waals surface area contributed by atoms with Crippen LogP contribution >= 0.6 is 0 Å². The number of hydrogen-bond acceptors (Lipinski definition) is 2. The molecule has 0 aliphatic carbocycles. The molecule has 90 valence electrons. The van der Waals surface area contributed by atoms with Crippen LogP contribution in [0.2, 0.25) is 0 Å². The number of rotatable bonds is 1. The van der Waals surface area contributed by atoms with Gasteiger partial charge in [0.25, 0.3) is 5.56 Å². The second-order valence-electron chi connectivity index (χ2n) is 3.62. The van der Waals surface area contributed by atoms with Gasteiger partial charge in [0.1, 0.15) is 11.9 Å². The van der Waals surface area contributed by atoms with Crippen molar-refractivity contribution in [2.75, 3.05) is 0 Å². The van der Waals surface area contributed by atoms with E-state index >= 15 is 0 Å². The molecule has 2 rings (SSSR count). The number of nitrogens with one attached hydrogen (secondary N) is 1. The molecule has 0 bridgehead atoms. The molecule has 0 saturated carbocycles. The second-order valence-corrected chi connectivity index (χ2v) is 3.62. The average molecular weight is 241 g/mol. The molecule has 1 aromatic carbocycles. The van der Waals surface area contributed by atoms with E-state index in [-0.39, 0.29) is 11.4 Å². The fourth-order valence-corrected chi connectivity index (χ4v) is 1.45. The van der Waals surface area contributed by atoms with Crippen LogP contribution in [0.4, 0.5) is 0 Å². The van der Waals surface area contributed by atoms with Crippen molar-refractivity contribution in [1.82, 2.24) is 9.97 Å². The van der Waals surface area contributed by atoms with Gasteiger partial charge in [0, 0.05) is 5.56 Å². The summed E-state index contributed by atoms with van der Waals surface area (Å²) in [5, 5.41) is 7.45. The summed E-state index contributed by atoms with van der Waals surface area (Å²) in [4.78, 5) is 17.9. The minimum Gasteiger partial charge on any atom is -0.579 e. The molecule has 18 heavy (non-hydrogen) atoms. The van der Waals surface area contributed by atoms with Crippen LogP contribution in [0.25, 0.3) is 11.4 Å². The molecule has 4 nitrogen and oxygen atoms in total. The molecule has 0 spiro atoms. The summed E-state index contributed by atoms with van der Waals surface area (Å²) in [6.45, 7) is 0. The van der Waals surface area contributed by atoms with Gasteiger partial charge < -0.3 is 10.1 Å². The van der Waals surface area contributed by atoms with Crippen molar-refractivity contribution in [2.45, 2.75) is 0 Å². The lowest BCUT2D eigenvalue weighted by Crippen LogP contribution is -2.06. The first-order valence-electron chi connectivity index (χ1n) is 5.47. The molecule has 1 heterocycles. The van der Waals surface area contributed by atoms with Gasteiger partial charge in [0.05, 0.1) is 0 Å². The highest BCUT2D eigenvalue weighted by atomic mass is 16.3. The lowest BCUT2D eigenvalue weighted by atomic mass is 10.2. The summed E-state index contributed by atoms with van der Waals surface area (Å²) >= 11 is 0.